The number of rotatable bonds is 7. The number of sulfonamides is 1. The van der Waals surface area contributed by atoms with Gasteiger partial charge in [0.2, 0.25) is 10.0 Å². The van der Waals surface area contributed by atoms with Crippen molar-refractivity contribution < 1.29 is 8.42 Å². The maximum atomic E-state index is 12.3. The molecule has 0 heterocycles. The fourth-order valence-corrected chi connectivity index (χ4v) is 4.41. The Hall–Kier alpha value is -0.240. The molecule has 4 nitrogen and oxygen atoms in total. The molecule has 0 fully saturated rings. The molecule has 0 saturated carbocycles. The highest BCUT2D eigenvalue weighted by Gasteiger charge is 2.27. The van der Waals surface area contributed by atoms with Crippen molar-refractivity contribution in [3.8, 4) is 0 Å². The first-order valence-corrected chi connectivity index (χ1v) is 9.90. The van der Waals surface area contributed by atoms with Gasteiger partial charge in [0.05, 0.1) is 4.90 Å². The van der Waals surface area contributed by atoms with E-state index in [2.05, 4.69) is 34.5 Å². The van der Waals surface area contributed by atoms with Crippen LogP contribution >= 0.6 is 27.7 Å². The molecule has 3 N–H and O–H groups in total. The van der Waals surface area contributed by atoms with Crippen LogP contribution < -0.4 is 10.5 Å². The van der Waals surface area contributed by atoms with E-state index in [0.29, 0.717) is 16.7 Å². The molecule has 0 aliphatic heterocycles. The van der Waals surface area contributed by atoms with Crippen LogP contribution in [-0.4, -0.2) is 26.0 Å². The van der Waals surface area contributed by atoms with Gasteiger partial charge in [0, 0.05) is 21.5 Å². The number of benzene rings is 1. The highest BCUT2D eigenvalue weighted by molar-refractivity contribution is 9.10. The van der Waals surface area contributed by atoms with Crippen LogP contribution in [0.1, 0.15) is 26.7 Å². The lowest BCUT2D eigenvalue weighted by Gasteiger charge is -2.29. The van der Waals surface area contributed by atoms with Gasteiger partial charge >= 0.3 is 0 Å². The van der Waals surface area contributed by atoms with E-state index in [4.69, 9.17) is 5.73 Å². The Morgan fingerprint density at radius 1 is 1.35 bits per heavy atom. The molecule has 7 heteroatoms. The summed E-state index contributed by atoms with van der Waals surface area (Å²) >= 11 is 4.95. The van der Waals surface area contributed by atoms with Crippen LogP contribution in [0.15, 0.2) is 27.6 Å². The lowest BCUT2D eigenvalue weighted by Crippen LogP contribution is -2.39. The van der Waals surface area contributed by atoms with Crippen LogP contribution in [0.5, 0.6) is 0 Å². The SMILES string of the molecule is CCC(CC)(CNS(=O)(=O)c1ccc(N)c(Br)c1)SC. The molecule has 1 aromatic carbocycles. The van der Waals surface area contributed by atoms with Gasteiger partial charge in [-0.15, -0.1) is 0 Å². The summed E-state index contributed by atoms with van der Waals surface area (Å²) in [6, 6.07) is 4.62. The Bertz CT molecular complexity index is 549. The van der Waals surface area contributed by atoms with Crippen LogP contribution in [-0.2, 0) is 10.0 Å². The Kier molecular flexibility index (Phi) is 6.37. The van der Waals surface area contributed by atoms with Gasteiger partial charge in [-0.05, 0) is 53.2 Å². The van der Waals surface area contributed by atoms with E-state index in [1.54, 1.807) is 17.8 Å². The Morgan fingerprint density at radius 3 is 2.40 bits per heavy atom. The van der Waals surface area contributed by atoms with Crippen LogP contribution in [0.25, 0.3) is 0 Å². The highest BCUT2D eigenvalue weighted by Crippen LogP contribution is 2.30. The molecule has 0 unspecified atom stereocenters. The van der Waals surface area contributed by atoms with E-state index in [1.165, 1.54) is 12.1 Å². The molecule has 0 aliphatic carbocycles. The molecule has 0 radical (unpaired) electrons. The van der Waals surface area contributed by atoms with Gasteiger partial charge in [0.15, 0.2) is 0 Å². The summed E-state index contributed by atoms with van der Waals surface area (Å²) in [7, 11) is -3.51. The number of thioether (sulfide) groups is 1. The van der Waals surface area contributed by atoms with Crippen LogP contribution in [0, 0.1) is 0 Å². The number of anilines is 1. The minimum Gasteiger partial charge on any atom is -0.398 e. The second kappa shape index (κ2) is 7.15. The molecule has 0 saturated heterocycles. The molecule has 114 valence electrons. The minimum absolute atomic E-state index is 0.0574. The predicted molar refractivity (Wildman–Crippen MR) is 90.6 cm³/mol. The van der Waals surface area contributed by atoms with Crippen molar-refractivity contribution in [3.05, 3.63) is 22.7 Å². The van der Waals surface area contributed by atoms with E-state index in [1.807, 2.05) is 6.26 Å². The number of nitrogen functional groups attached to an aromatic ring is 1. The molecule has 0 spiro atoms. The number of hydrogen-bond donors (Lipinski definition) is 2. The first-order chi connectivity index (χ1) is 9.30. The normalized spacial score (nSPS) is 12.6. The summed E-state index contributed by atoms with van der Waals surface area (Å²) in [5.74, 6) is 0. The zero-order valence-electron chi connectivity index (χ0n) is 11.9. The largest absolute Gasteiger partial charge is 0.398 e. The summed E-state index contributed by atoms with van der Waals surface area (Å²) < 4.78 is 27.8. The van der Waals surface area contributed by atoms with E-state index in [9.17, 15) is 8.42 Å². The van der Waals surface area contributed by atoms with Gasteiger partial charge in [-0.1, -0.05) is 13.8 Å². The fraction of sp³-hybridized carbons (Fsp3) is 0.538. The minimum atomic E-state index is -3.51. The average molecular weight is 381 g/mol. The number of nitrogens with two attached hydrogens (primary N) is 1. The molecule has 0 amide bonds. The van der Waals surface area contributed by atoms with Gasteiger partial charge in [-0.25, -0.2) is 13.1 Å². The molecule has 1 aromatic rings. The fourth-order valence-electron chi connectivity index (χ4n) is 1.85. The number of halogens is 1. The second-order valence-corrected chi connectivity index (χ2v) is 8.50. The van der Waals surface area contributed by atoms with E-state index in [-0.39, 0.29) is 9.64 Å². The molecule has 0 atom stereocenters. The molecule has 0 aromatic heterocycles. The van der Waals surface area contributed by atoms with Crippen LogP contribution in [0.4, 0.5) is 5.69 Å². The summed E-state index contributed by atoms with van der Waals surface area (Å²) in [4.78, 5) is 0.223. The van der Waals surface area contributed by atoms with Crippen molar-refractivity contribution in [2.75, 3.05) is 18.5 Å². The van der Waals surface area contributed by atoms with Crippen molar-refractivity contribution in [3.63, 3.8) is 0 Å². The van der Waals surface area contributed by atoms with Crippen molar-refractivity contribution in [2.24, 2.45) is 0 Å². The Balaban J connectivity index is 2.92. The Morgan fingerprint density at radius 2 is 1.95 bits per heavy atom. The zero-order valence-corrected chi connectivity index (χ0v) is 15.2. The van der Waals surface area contributed by atoms with E-state index < -0.39 is 10.0 Å². The molecule has 0 aliphatic rings. The van der Waals surface area contributed by atoms with Gasteiger partial charge in [-0.2, -0.15) is 11.8 Å². The standard InChI is InChI=1S/C13H21BrN2O2S2/c1-4-13(5-2,19-3)9-16-20(17,18)10-6-7-12(15)11(14)8-10/h6-8,16H,4-5,9,15H2,1-3H3. The maximum Gasteiger partial charge on any atom is 0.240 e. The van der Waals surface area contributed by atoms with E-state index in [0.717, 1.165) is 12.8 Å². The lowest BCUT2D eigenvalue weighted by atomic mass is 10.0. The summed E-state index contributed by atoms with van der Waals surface area (Å²) in [6.07, 6.45) is 3.85. The Labute approximate surface area is 134 Å². The van der Waals surface area contributed by atoms with Crippen molar-refractivity contribution in [1.82, 2.24) is 4.72 Å². The van der Waals surface area contributed by atoms with Gasteiger partial charge in [-0.3, -0.25) is 0 Å². The monoisotopic (exact) mass is 380 g/mol. The number of hydrogen-bond acceptors (Lipinski definition) is 4. The van der Waals surface area contributed by atoms with Crippen LogP contribution in [0.2, 0.25) is 0 Å². The summed E-state index contributed by atoms with van der Waals surface area (Å²) in [5, 5.41) is 0. The second-order valence-electron chi connectivity index (χ2n) is 4.60. The maximum absolute atomic E-state index is 12.3. The third-order valence-electron chi connectivity index (χ3n) is 3.59. The highest BCUT2D eigenvalue weighted by atomic mass is 79.9. The average Bonchev–Trinajstić information content (AvgIpc) is 2.44. The van der Waals surface area contributed by atoms with Gasteiger partial charge < -0.3 is 5.73 Å². The summed E-state index contributed by atoms with van der Waals surface area (Å²) in [6.45, 7) is 4.58. The molecular weight excluding hydrogens is 360 g/mol. The van der Waals surface area contributed by atoms with Crippen molar-refractivity contribution >= 4 is 43.4 Å². The van der Waals surface area contributed by atoms with Crippen molar-refractivity contribution in [1.29, 1.82) is 0 Å². The first-order valence-electron chi connectivity index (χ1n) is 6.40. The zero-order chi connectivity index (χ0) is 15.4. The van der Waals surface area contributed by atoms with Gasteiger partial charge in [0.1, 0.15) is 0 Å². The predicted octanol–water partition coefficient (Wildman–Crippen LogP) is 3.23. The number of nitrogens with one attached hydrogen (secondary N) is 1. The molecule has 0 bridgehead atoms. The summed E-state index contributed by atoms with van der Waals surface area (Å²) in [5.41, 5.74) is 6.19. The third-order valence-corrected chi connectivity index (χ3v) is 7.26. The van der Waals surface area contributed by atoms with Crippen molar-refractivity contribution in [2.45, 2.75) is 36.3 Å². The molecule has 20 heavy (non-hydrogen) atoms. The third kappa shape index (κ3) is 4.13. The van der Waals surface area contributed by atoms with Gasteiger partial charge in [0.25, 0.3) is 0 Å². The molecular formula is C13H21BrN2O2S2. The quantitative estimate of drug-likeness (QED) is 0.712. The smallest absolute Gasteiger partial charge is 0.240 e. The lowest BCUT2D eigenvalue weighted by molar-refractivity contribution is 0.522. The molecule has 1 rings (SSSR count). The topological polar surface area (TPSA) is 72.2 Å². The van der Waals surface area contributed by atoms with E-state index >= 15 is 0 Å². The van der Waals surface area contributed by atoms with Crippen LogP contribution in [0.3, 0.4) is 0 Å². The first kappa shape index (κ1) is 17.8.